The highest BCUT2D eigenvalue weighted by molar-refractivity contribution is 7.89. The number of nitrogens with zero attached hydrogens (tertiary/aromatic N) is 4. The SMILES string of the molecule is CCn1ncc(S(=O)(=O)N2CCC[C@H](c3ccn[nH]3)C2)c1C. The van der Waals surface area contributed by atoms with E-state index in [0.717, 1.165) is 18.5 Å². The van der Waals surface area contributed by atoms with E-state index in [1.54, 1.807) is 22.1 Å². The quantitative estimate of drug-likeness (QED) is 0.924. The van der Waals surface area contributed by atoms with Crippen LogP contribution in [0.25, 0.3) is 0 Å². The molecular weight excluding hydrogens is 302 g/mol. The van der Waals surface area contributed by atoms with Crippen LogP contribution in [0.1, 0.15) is 37.1 Å². The summed E-state index contributed by atoms with van der Waals surface area (Å²) in [5.41, 5.74) is 1.70. The highest BCUT2D eigenvalue weighted by Crippen LogP contribution is 2.30. The van der Waals surface area contributed by atoms with E-state index in [0.29, 0.717) is 30.2 Å². The maximum atomic E-state index is 12.9. The summed E-state index contributed by atoms with van der Waals surface area (Å²) in [5.74, 6) is 0.174. The normalized spacial score (nSPS) is 20.4. The van der Waals surface area contributed by atoms with Crippen molar-refractivity contribution >= 4 is 10.0 Å². The maximum Gasteiger partial charge on any atom is 0.246 e. The fourth-order valence-electron chi connectivity index (χ4n) is 3.05. The molecule has 120 valence electrons. The first-order valence-electron chi connectivity index (χ1n) is 7.56. The van der Waals surface area contributed by atoms with Crippen LogP contribution in [0.4, 0.5) is 0 Å². The van der Waals surface area contributed by atoms with Crippen molar-refractivity contribution in [1.29, 1.82) is 0 Å². The van der Waals surface area contributed by atoms with Gasteiger partial charge in [-0.1, -0.05) is 0 Å². The molecule has 0 bridgehead atoms. The van der Waals surface area contributed by atoms with Crippen molar-refractivity contribution in [3.8, 4) is 0 Å². The minimum absolute atomic E-state index is 0.174. The van der Waals surface area contributed by atoms with Gasteiger partial charge in [-0.15, -0.1) is 0 Å². The Morgan fingerprint density at radius 3 is 2.91 bits per heavy atom. The van der Waals surface area contributed by atoms with Gasteiger partial charge in [0.2, 0.25) is 10.0 Å². The first-order chi connectivity index (χ1) is 10.5. The zero-order valence-electron chi connectivity index (χ0n) is 12.9. The third-order valence-electron chi connectivity index (χ3n) is 4.32. The molecule has 1 aliphatic rings. The molecule has 0 spiro atoms. The smallest absolute Gasteiger partial charge is 0.246 e. The molecule has 0 radical (unpaired) electrons. The van der Waals surface area contributed by atoms with Crippen LogP contribution in [0, 0.1) is 6.92 Å². The molecule has 1 N–H and O–H groups in total. The fraction of sp³-hybridized carbons (Fsp3) is 0.571. The van der Waals surface area contributed by atoms with Crippen molar-refractivity contribution in [2.45, 2.75) is 44.0 Å². The molecule has 1 atom stereocenters. The largest absolute Gasteiger partial charge is 0.282 e. The highest BCUT2D eigenvalue weighted by atomic mass is 32.2. The summed E-state index contributed by atoms with van der Waals surface area (Å²) in [5, 5.41) is 11.1. The summed E-state index contributed by atoms with van der Waals surface area (Å²) in [6, 6.07) is 1.92. The van der Waals surface area contributed by atoms with Crippen LogP contribution < -0.4 is 0 Å². The molecule has 0 aliphatic carbocycles. The van der Waals surface area contributed by atoms with Crippen LogP contribution in [-0.2, 0) is 16.6 Å². The molecule has 1 aliphatic heterocycles. The lowest BCUT2D eigenvalue weighted by Crippen LogP contribution is -2.39. The van der Waals surface area contributed by atoms with Crippen LogP contribution in [0.3, 0.4) is 0 Å². The lowest BCUT2D eigenvalue weighted by molar-refractivity contribution is 0.312. The van der Waals surface area contributed by atoms with E-state index >= 15 is 0 Å². The predicted octanol–water partition coefficient (Wildman–Crippen LogP) is 1.50. The lowest BCUT2D eigenvalue weighted by atomic mass is 9.96. The van der Waals surface area contributed by atoms with Gasteiger partial charge in [0, 0.05) is 37.4 Å². The van der Waals surface area contributed by atoms with Gasteiger partial charge in [0.25, 0.3) is 0 Å². The van der Waals surface area contributed by atoms with Gasteiger partial charge < -0.3 is 0 Å². The molecule has 3 rings (SSSR count). The molecule has 2 aromatic heterocycles. The van der Waals surface area contributed by atoms with Gasteiger partial charge >= 0.3 is 0 Å². The van der Waals surface area contributed by atoms with Gasteiger partial charge in [-0.3, -0.25) is 9.78 Å². The van der Waals surface area contributed by atoms with Crippen molar-refractivity contribution in [2.75, 3.05) is 13.1 Å². The number of hydrogen-bond donors (Lipinski definition) is 1. The van der Waals surface area contributed by atoms with Gasteiger partial charge in [-0.2, -0.15) is 14.5 Å². The Hall–Kier alpha value is -1.67. The number of aromatic nitrogens is 4. The summed E-state index contributed by atoms with van der Waals surface area (Å²) < 4.78 is 29.1. The third-order valence-corrected chi connectivity index (χ3v) is 6.29. The number of nitrogens with one attached hydrogen (secondary N) is 1. The number of aryl methyl sites for hydroxylation is 1. The molecule has 0 saturated carbocycles. The minimum atomic E-state index is -3.49. The molecule has 3 heterocycles. The zero-order valence-corrected chi connectivity index (χ0v) is 13.7. The second kappa shape index (κ2) is 5.85. The summed E-state index contributed by atoms with van der Waals surface area (Å²) in [4.78, 5) is 0.319. The van der Waals surface area contributed by atoms with Crippen molar-refractivity contribution in [3.05, 3.63) is 29.8 Å². The van der Waals surface area contributed by atoms with E-state index in [4.69, 9.17) is 0 Å². The molecule has 2 aromatic rings. The molecule has 7 nitrogen and oxygen atoms in total. The Morgan fingerprint density at radius 2 is 2.27 bits per heavy atom. The summed E-state index contributed by atoms with van der Waals surface area (Å²) in [6.07, 6.45) is 5.00. The van der Waals surface area contributed by atoms with Crippen molar-refractivity contribution in [1.82, 2.24) is 24.3 Å². The molecule has 0 amide bonds. The highest BCUT2D eigenvalue weighted by Gasteiger charge is 2.33. The molecule has 8 heteroatoms. The first-order valence-corrected chi connectivity index (χ1v) is 9.00. The van der Waals surface area contributed by atoms with Crippen molar-refractivity contribution in [3.63, 3.8) is 0 Å². The van der Waals surface area contributed by atoms with Crippen LogP contribution in [0.5, 0.6) is 0 Å². The van der Waals surface area contributed by atoms with Gasteiger partial charge in [0.1, 0.15) is 4.90 Å². The molecule has 0 unspecified atom stereocenters. The minimum Gasteiger partial charge on any atom is -0.282 e. The Bertz CT molecular complexity index is 735. The van der Waals surface area contributed by atoms with E-state index in [9.17, 15) is 8.42 Å². The number of H-pyrrole nitrogens is 1. The number of hydrogen-bond acceptors (Lipinski definition) is 4. The standard InChI is InChI=1S/C14H21N5O2S/c1-3-19-11(2)14(9-16-19)22(20,21)18-8-4-5-12(10-18)13-6-7-15-17-13/h6-7,9,12H,3-5,8,10H2,1-2H3,(H,15,17)/t12-/m0/s1. The predicted molar refractivity (Wildman–Crippen MR) is 82.0 cm³/mol. The number of sulfonamides is 1. The summed E-state index contributed by atoms with van der Waals surface area (Å²) >= 11 is 0. The molecular formula is C14H21N5O2S. The average molecular weight is 323 g/mol. The molecule has 22 heavy (non-hydrogen) atoms. The Labute approximate surface area is 130 Å². The number of piperidine rings is 1. The zero-order chi connectivity index (χ0) is 15.7. The van der Waals surface area contributed by atoms with E-state index in [2.05, 4.69) is 15.3 Å². The van der Waals surface area contributed by atoms with Crippen LogP contribution >= 0.6 is 0 Å². The summed E-state index contributed by atoms with van der Waals surface area (Å²) in [7, 11) is -3.49. The van der Waals surface area contributed by atoms with Crippen LogP contribution in [0.15, 0.2) is 23.4 Å². The molecule has 0 aromatic carbocycles. The lowest BCUT2D eigenvalue weighted by Gasteiger charge is -2.31. The van der Waals surface area contributed by atoms with Crippen LogP contribution in [0.2, 0.25) is 0 Å². The first kappa shape index (κ1) is 15.2. The number of aromatic amines is 1. The topological polar surface area (TPSA) is 83.9 Å². The molecule has 1 fully saturated rings. The van der Waals surface area contributed by atoms with E-state index in [1.807, 2.05) is 13.0 Å². The monoisotopic (exact) mass is 323 g/mol. The Balaban J connectivity index is 1.87. The van der Waals surface area contributed by atoms with E-state index < -0.39 is 10.0 Å². The second-order valence-corrected chi connectivity index (χ2v) is 7.53. The van der Waals surface area contributed by atoms with Gasteiger partial charge in [0.05, 0.1) is 11.9 Å². The van der Waals surface area contributed by atoms with Gasteiger partial charge in [-0.05, 0) is 32.8 Å². The Kier molecular flexibility index (Phi) is 4.05. The Morgan fingerprint density at radius 1 is 1.45 bits per heavy atom. The molecule has 1 saturated heterocycles. The van der Waals surface area contributed by atoms with Crippen molar-refractivity contribution < 1.29 is 8.42 Å². The van der Waals surface area contributed by atoms with Crippen LogP contribution in [-0.4, -0.2) is 45.8 Å². The maximum absolute atomic E-state index is 12.9. The average Bonchev–Trinajstić information content (AvgIpc) is 3.16. The van der Waals surface area contributed by atoms with E-state index in [-0.39, 0.29) is 5.92 Å². The van der Waals surface area contributed by atoms with Crippen molar-refractivity contribution in [2.24, 2.45) is 0 Å². The second-order valence-electron chi connectivity index (χ2n) is 5.62. The number of rotatable bonds is 4. The van der Waals surface area contributed by atoms with E-state index in [1.165, 1.54) is 6.20 Å². The fourth-order valence-corrected chi connectivity index (χ4v) is 4.73. The van der Waals surface area contributed by atoms with Gasteiger partial charge in [-0.25, -0.2) is 8.42 Å². The third kappa shape index (κ3) is 2.56. The summed E-state index contributed by atoms with van der Waals surface area (Å²) in [6.45, 7) is 5.47. The van der Waals surface area contributed by atoms with Gasteiger partial charge in [0.15, 0.2) is 0 Å².